The number of hydrazone groups is 1. The van der Waals surface area contributed by atoms with E-state index in [2.05, 4.69) is 12.1 Å². The molecule has 0 saturated heterocycles. The van der Waals surface area contributed by atoms with Crippen LogP contribution in [0.1, 0.15) is 22.3 Å². The third-order valence-corrected chi connectivity index (χ3v) is 7.47. The van der Waals surface area contributed by atoms with Gasteiger partial charge < -0.3 is 4.90 Å². The summed E-state index contributed by atoms with van der Waals surface area (Å²) in [6.45, 7) is 2.58. The molecule has 0 radical (unpaired) electrons. The molecule has 0 aliphatic heterocycles. The highest BCUT2D eigenvalue weighted by molar-refractivity contribution is 6.07. The molecule has 0 unspecified atom stereocenters. The van der Waals surface area contributed by atoms with Gasteiger partial charge in [-0.2, -0.15) is 18.3 Å². The van der Waals surface area contributed by atoms with E-state index in [0.29, 0.717) is 12.2 Å². The van der Waals surface area contributed by atoms with Gasteiger partial charge in [-0.05, 0) is 66.4 Å². The highest BCUT2D eigenvalue weighted by Crippen LogP contribution is 2.41. The van der Waals surface area contributed by atoms with Crippen LogP contribution in [-0.2, 0) is 12.7 Å². The van der Waals surface area contributed by atoms with E-state index in [9.17, 15) is 13.2 Å². The second-order valence-electron chi connectivity index (χ2n) is 10.6. The fraction of sp³-hybridized carbons (Fsp3) is 0.0789. The van der Waals surface area contributed by atoms with Crippen molar-refractivity contribution in [3.05, 3.63) is 168 Å². The average Bonchev–Trinajstić information content (AvgIpc) is 3.05. The molecule has 0 aliphatic rings. The molecule has 6 aromatic rings. The molecule has 0 N–H and O–H groups in total. The predicted molar refractivity (Wildman–Crippen MR) is 175 cm³/mol. The Morgan fingerprint density at radius 1 is 0.614 bits per heavy atom. The van der Waals surface area contributed by atoms with Gasteiger partial charge in [0, 0.05) is 22.3 Å². The maximum atomic E-state index is 13.8. The first-order chi connectivity index (χ1) is 21.4. The summed E-state index contributed by atoms with van der Waals surface area (Å²) in [6.07, 6.45) is -2.61. The normalized spacial score (nSPS) is 11.6. The summed E-state index contributed by atoms with van der Waals surface area (Å²) >= 11 is 0. The zero-order valence-electron chi connectivity index (χ0n) is 24.1. The van der Waals surface area contributed by atoms with Gasteiger partial charge in [-0.15, -0.1) is 0 Å². The number of nitrogens with zero attached hydrogens (tertiary/aromatic N) is 3. The quantitative estimate of drug-likeness (QED) is 0.131. The number of benzene rings is 6. The van der Waals surface area contributed by atoms with E-state index < -0.39 is 11.7 Å². The molecule has 0 fully saturated rings. The Hall–Kier alpha value is -5.36. The molecule has 0 spiro atoms. The second-order valence-corrected chi connectivity index (χ2v) is 10.6. The lowest BCUT2D eigenvalue weighted by Gasteiger charge is -2.28. The Morgan fingerprint density at radius 3 is 1.95 bits per heavy atom. The van der Waals surface area contributed by atoms with Gasteiger partial charge in [-0.25, -0.2) is 0 Å². The molecule has 218 valence electrons. The molecule has 6 rings (SSSR count). The van der Waals surface area contributed by atoms with Crippen LogP contribution in [0.4, 0.5) is 35.9 Å². The first kappa shape index (κ1) is 28.7. The summed E-state index contributed by atoms with van der Waals surface area (Å²) in [5.41, 5.74) is 5.31. The van der Waals surface area contributed by atoms with Crippen molar-refractivity contribution in [2.45, 2.75) is 19.6 Å². The predicted octanol–water partition coefficient (Wildman–Crippen LogP) is 10.7. The molecule has 0 aromatic heterocycles. The van der Waals surface area contributed by atoms with E-state index in [-0.39, 0.29) is 0 Å². The summed E-state index contributed by atoms with van der Waals surface area (Å²) in [5, 5.41) is 8.70. The zero-order chi connectivity index (χ0) is 30.5. The highest BCUT2D eigenvalue weighted by atomic mass is 19.4. The second kappa shape index (κ2) is 12.5. The van der Waals surface area contributed by atoms with Crippen LogP contribution in [0.2, 0.25) is 0 Å². The lowest BCUT2D eigenvalue weighted by molar-refractivity contribution is -0.137. The minimum atomic E-state index is -4.46. The molecule has 0 aliphatic carbocycles. The summed E-state index contributed by atoms with van der Waals surface area (Å²) in [6, 6.07) is 45.3. The van der Waals surface area contributed by atoms with Crippen LogP contribution in [0.15, 0.2) is 151 Å². The SMILES string of the molecule is Cc1ccc(N(c2cccc(C(F)(F)F)c2)c2ccc(/C=N\N(Cc3ccccc3)c3ccccc3)c3ccccc23)cc1. The van der Waals surface area contributed by atoms with E-state index in [1.165, 1.54) is 12.1 Å². The van der Waals surface area contributed by atoms with Crippen LogP contribution in [0.25, 0.3) is 10.8 Å². The topological polar surface area (TPSA) is 18.8 Å². The van der Waals surface area contributed by atoms with Gasteiger partial charge in [0.15, 0.2) is 0 Å². The van der Waals surface area contributed by atoms with Crippen LogP contribution < -0.4 is 9.91 Å². The first-order valence-electron chi connectivity index (χ1n) is 14.3. The largest absolute Gasteiger partial charge is 0.416 e. The molecule has 6 heteroatoms. The molecule has 44 heavy (non-hydrogen) atoms. The molecule has 6 aromatic carbocycles. The van der Waals surface area contributed by atoms with E-state index in [1.807, 2.05) is 132 Å². The van der Waals surface area contributed by atoms with Crippen molar-refractivity contribution < 1.29 is 13.2 Å². The van der Waals surface area contributed by atoms with Crippen molar-refractivity contribution >= 4 is 39.7 Å². The lowest BCUT2D eigenvalue weighted by Crippen LogP contribution is -2.16. The third-order valence-electron chi connectivity index (χ3n) is 7.47. The minimum absolute atomic E-state index is 0.424. The Kier molecular flexibility index (Phi) is 8.15. The zero-order valence-corrected chi connectivity index (χ0v) is 24.1. The van der Waals surface area contributed by atoms with Gasteiger partial charge in [0.2, 0.25) is 0 Å². The first-order valence-corrected chi connectivity index (χ1v) is 14.3. The van der Waals surface area contributed by atoms with Crippen molar-refractivity contribution in [2.75, 3.05) is 9.91 Å². The van der Waals surface area contributed by atoms with Gasteiger partial charge >= 0.3 is 6.18 Å². The van der Waals surface area contributed by atoms with Crippen molar-refractivity contribution in [2.24, 2.45) is 5.10 Å². The van der Waals surface area contributed by atoms with Crippen LogP contribution >= 0.6 is 0 Å². The molecule has 0 bridgehead atoms. The molecule has 0 saturated carbocycles. The van der Waals surface area contributed by atoms with Gasteiger partial charge in [-0.3, -0.25) is 5.01 Å². The van der Waals surface area contributed by atoms with Gasteiger partial charge in [0.1, 0.15) is 0 Å². The van der Waals surface area contributed by atoms with Crippen molar-refractivity contribution in [3.63, 3.8) is 0 Å². The smallest absolute Gasteiger partial charge is 0.310 e. The van der Waals surface area contributed by atoms with Crippen molar-refractivity contribution in [3.8, 4) is 0 Å². The number of alkyl halides is 3. The van der Waals surface area contributed by atoms with Crippen molar-refractivity contribution in [1.82, 2.24) is 0 Å². The molecular formula is C38H30F3N3. The Morgan fingerprint density at radius 2 is 1.25 bits per heavy atom. The standard InChI is InChI=1S/C38H30F3N3/c1-28-19-22-33(23-20-28)44(34-16-10-13-31(25-34)38(39,40)41)37-24-21-30(35-17-8-9-18-36(35)37)26-42-43(32-14-6-3-7-15-32)27-29-11-4-2-5-12-29/h2-26H,27H2,1H3/b42-26-. The fourth-order valence-corrected chi connectivity index (χ4v) is 5.24. The molecular weight excluding hydrogens is 555 g/mol. The fourth-order valence-electron chi connectivity index (χ4n) is 5.24. The number of halogens is 3. The number of para-hydroxylation sites is 1. The van der Waals surface area contributed by atoms with E-state index in [4.69, 9.17) is 5.10 Å². The monoisotopic (exact) mass is 585 g/mol. The maximum absolute atomic E-state index is 13.8. The Labute approximate surface area is 255 Å². The van der Waals surface area contributed by atoms with Gasteiger partial charge in [-0.1, -0.05) is 103 Å². The number of hydrogen-bond acceptors (Lipinski definition) is 3. The van der Waals surface area contributed by atoms with Gasteiger partial charge in [0.25, 0.3) is 0 Å². The summed E-state index contributed by atoms with van der Waals surface area (Å²) in [4.78, 5) is 1.88. The average molecular weight is 586 g/mol. The molecule has 0 heterocycles. The number of hydrogen-bond donors (Lipinski definition) is 0. The van der Waals surface area contributed by atoms with Crippen LogP contribution in [0.5, 0.6) is 0 Å². The number of aryl methyl sites for hydroxylation is 1. The number of anilines is 4. The Balaban J connectivity index is 1.45. The number of rotatable bonds is 8. The van der Waals surface area contributed by atoms with Crippen LogP contribution in [-0.4, -0.2) is 6.21 Å². The van der Waals surface area contributed by atoms with E-state index in [1.54, 1.807) is 6.07 Å². The maximum Gasteiger partial charge on any atom is 0.416 e. The number of fused-ring (bicyclic) bond motifs is 1. The van der Waals surface area contributed by atoms with Crippen LogP contribution in [0.3, 0.4) is 0 Å². The van der Waals surface area contributed by atoms with E-state index >= 15 is 0 Å². The summed E-state index contributed by atoms with van der Waals surface area (Å²) < 4.78 is 41.3. The molecule has 0 atom stereocenters. The third kappa shape index (κ3) is 6.35. The van der Waals surface area contributed by atoms with E-state index in [0.717, 1.165) is 50.6 Å². The van der Waals surface area contributed by atoms with Gasteiger partial charge in [0.05, 0.1) is 29.7 Å². The lowest BCUT2D eigenvalue weighted by atomic mass is 10.0. The highest BCUT2D eigenvalue weighted by Gasteiger charge is 2.31. The summed E-state index contributed by atoms with van der Waals surface area (Å²) in [7, 11) is 0. The minimum Gasteiger partial charge on any atom is -0.310 e. The summed E-state index contributed by atoms with van der Waals surface area (Å²) in [5.74, 6) is 0. The molecule has 0 amide bonds. The Bertz CT molecular complexity index is 1880. The van der Waals surface area contributed by atoms with Crippen LogP contribution in [0, 0.1) is 6.92 Å². The molecule has 3 nitrogen and oxygen atoms in total. The van der Waals surface area contributed by atoms with Crippen molar-refractivity contribution in [1.29, 1.82) is 0 Å².